The van der Waals surface area contributed by atoms with Gasteiger partial charge in [-0.3, -0.25) is 4.68 Å². The Labute approximate surface area is 187 Å². The van der Waals surface area contributed by atoms with E-state index >= 15 is 0 Å². The average molecular weight is 435 g/mol. The predicted molar refractivity (Wildman–Crippen MR) is 124 cm³/mol. The lowest BCUT2D eigenvalue weighted by atomic mass is 10.1. The number of fused-ring (bicyclic) bond motifs is 1. The molecule has 9 nitrogen and oxygen atoms in total. The maximum atomic E-state index is 5.57. The van der Waals surface area contributed by atoms with E-state index in [1.54, 1.807) is 13.3 Å². The van der Waals surface area contributed by atoms with Crippen LogP contribution in [0.2, 0.25) is 0 Å². The third-order valence-electron chi connectivity index (χ3n) is 6.38. The summed E-state index contributed by atoms with van der Waals surface area (Å²) >= 11 is 0. The van der Waals surface area contributed by atoms with Crippen LogP contribution in [0, 0.1) is 6.92 Å². The monoisotopic (exact) mass is 434 g/mol. The summed E-state index contributed by atoms with van der Waals surface area (Å²) in [5, 5.41) is 13.3. The van der Waals surface area contributed by atoms with E-state index in [1.807, 2.05) is 39.4 Å². The summed E-state index contributed by atoms with van der Waals surface area (Å²) in [6, 6.07) is 2.68. The van der Waals surface area contributed by atoms with Crippen LogP contribution in [0.4, 0.5) is 5.82 Å². The number of anilines is 1. The third kappa shape index (κ3) is 3.56. The Morgan fingerprint density at radius 1 is 1.19 bits per heavy atom. The van der Waals surface area contributed by atoms with Crippen LogP contribution in [0.15, 0.2) is 30.9 Å². The zero-order chi connectivity index (χ0) is 22.4. The highest BCUT2D eigenvalue weighted by molar-refractivity contribution is 5.82. The molecule has 0 saturated heterocycles. The van der Waals surface area contributed by atoms with Gasteiger partial charge in [-0.05, 0) is 51.7 Å². The first-order chi connectivity index (χ1) is 15.4. The van der Waals surface area contributed by atoms with Crippen LogP contribution in [0.1, 0.15) is 44.7 Å². The van der Waals surface area contributed by atoms with Crippen LogP contribution < -0.4 is 5.32 Å². The highest BCUT2D eigenvalue weighted by Gasteiger charge is 2.27. The molecular formula is C23H30N8O. The average Bonchev–Trinajstić information content (AvgIpc) is 3.54. The molecule has 4 aromatic heterocycles. The Balaban J connectivity index is 1.63. The summed E-state index contributed by atoms with van der Waals surface area (Å²) < 4.78 is 11.4. The predicted octanol–water partition coefficient (Wildman–Crippen LogP) is 3.86. The normalized spacial score (nSPS) is 18.8. The summed E-state index contributed by atoms with van der Waals surface area (Å²) in [7, 11) is 3.74. The Bertz CT molecular complexity index is 1250. The van der Waals surface area contributed by atoms with Crippen molar-refractivity contribution in [2.75, 3.05) is 12.4 Å². The fourth-order valence-corrected chi connectivity index (χ4v) is 4.51. The molecule has 168 valence electrons. The lowest BCUT2D eigenvalue weighted by Crippen LogP contribution is -2.19. The van der Waals surface area contributed by atoms with E-state index in [0.717, 1.165) is 53.2 Å². The van der Waals surface area contributed by atoms with E-state index in [1.165, 1.54) is 0 Å². The number of aromatic nitrogens is 7. The van der Waals surface area contributed by atoms with E-state index in [2.05, 4.69) is 37.1 Å². The van der Waals surface area contributed by atoms with E-state index < -0.39 is 0 Å². The van der Waals surface area contributed by atoms with Crippen molar-refractivity contribution in [3.8, 4) is 22.9 Å². The van der Waals surface area contributed by atoms with Crippen LogP contribution in [-0.4, -0.2) is 53.2 Å². The van der Waals surface area contributed by atoms with Crippen molar-refractivity contribution >= 4 is 11.3 Å². The molecule has 1 saturated carbocycles. The number of nitrogens with one attached hydrogen (secondary N) is 1. The van der Waals surface area contributed by atoms with Gasteiger partial charge in [0.15, 0.2) is 11.6 Å². The first kappa shape index (κ1) is 20.7. The van der Waals surface area contributed by atoms with E-state index in [-0.39, 0.29) is 0 Å². The second-order valence-corrected chi connectivity index (χ2v) is 8.89. The molecule has 9 heteroatoms. The van der Waals surface area contributed by atoms with Gasteiger partial charge in [0.1, 0.15) is 5.52 Å². The Morgan fingerprint density at radius 3 is 2.69 bits per heavy atom. The molecule has 0 unspecified atom stereocenters. The Morgan fingerprint density at radius 2 is 2.03 bits per heavy atom. The Hall–Kier alpha value is -3.20. The van der Waals surface area contributed by atoms with E-state index in [4.69, 9.17) is 19.9 Å². The number of aryl methyl sites for hydroxylation is 2. The van der Waals surface area contributed by atoms with Gasteiger partial charge in [0, 0.05) is 56.6 Å². The molecule has 32 heavy (non-hydrogen) atoms. The van der Waals surface area contributed by atoms with Gasteiger partial charge in [0.05, 0.1) is 11.8 Å². The number of ether oxygens (including phenoxy) is 1. The summed E-state index contributed by atoms with van der Waals surface area (Å²) in [5.41, 5.74) is 4.07. The van der Waals surface area contributed by atoms with Crippen molar-refractivity contribution in [3.63, 3.8) is 0 Å². The maximum Gasteiger partial charge on any atom is 0.218 e. The second-order valence-electron chi connectivity index (χ2n) is 8.89. The minimum absolute atomic E-state index is 0.294. The maximum absolute atomic E-state index is 5.57. The van der Waals surface area contributed by atoms with E-state index in [0.29, 0.717) is 24.0 Å². The quantitative estimate of drug-likeness (QED) is 0.496. The molecule has 1 aliphatic carbocycles. The van der Waals surface area contributed by atoms with Crippen LogP contribution in [0.5, 0.6) is 0 Å². The number of imidazole rings is 1. The topological polar surface area (TPSA) is 87.1 Å². The SMILES string of the molecule is CO[C@H]1CC[C@@H](Nc2nc(-c3nccn3C)nn3cc(-c4ccn(C(C)C)n4)c(C)c23)C1. The standard InChI is InChI=1S/C23H30N8O/c1-14(2)30-10-8-19(27-30)18-13-31-20(15(18)3)21(25-16-6-7-17(12-16)32-5)26-22(28-31)23-24-9-11-29(23)4/h8-11,13-14,16-17H,6-7,12H2,1-5H3,(H,25,26,28)/t16-,17+/m1/s1. The van der Waals surface area contributed by atoms with Crippen molar-refractivity contribution in [1.82, 2.24) is 33.9 Å². The fraction of sp³-hybridized carbons (Fsp3) is 0.478. The molecule has 0 bridgehead atoms. The largest absolute Gasteiger partial charge is 0.381 e. The molecule has 4 heterocycles. The van der Waals surface area contributed by atoms with Gasteiger partial charge >= 0.3 is 0 Å². The molecule has 0 spiro atoms. The van der Waals surface area contributed by atoms with Gasteiger partial charge in [-0.15, -0.1) is 5.10 Å². The number of methoxy groups -OCH3 is 1. The lowest BCUT2D eigenvalue weighted by Gasteiger charge is -2.16. The summed E-state index contributed by atoms with van der Waals surface area (Å²) in [6.07, 6.45) is 11.1. The molecule has 0 amide bonds. The minimum Gasteiger partial charge on any atom is -0.381 e. The smallest absolute Gasteiger partial charge is 0.218 e. The third-order valence-corrected chi connectivity index (χ3v) is 6.38. The van der Waals surface area contributed by atoms with Crippen LogP contribution >= 0.6 is 0 Å². The highest BCUT2D eigenvalue weighted by Crippen LogP contribution is 2.33. The zero-order valence-corrected chi connectivity index (χ0v) is 19.3. The molecule has 2 atom stereocenters. The molecule has 0 radical (unpaired) electrons. The number of nitrogens with zero attached hydrogens (tertiary/aromatic N) is 7. The molecule has 1 aliphatic rings. The summed E-state index contributed by atoms with van der Waals surface area (Å²) in [4.78, 5) is 9.39. The molecule has 4 aromatic rings. The fourth-order valence-electron chi connectivity index (χ4n) is 4.51. The molecule has 5 rings (SSSR count). The Kier molecular flexibility index (Phi) is 5.21. The van der Waals surface area contributed by atoms with Gasteiger partial charge in [0.2, 0.25) is 5.82 Å². The molecule has 0 aromatic carbocycles. The van der Waals surface area contributed by atoms with Crippen LogP contribution in [0.3, 0.4) is 0 Å². The molecular weight excluding hydrogens is 404 g/mol. The lowest BCUT2D eigenvalue weighted by molar-refractivity contribution is 0.108. The van der Waals surface area contributed by atoms with Gasteiger partial charge < -0.3 is 14.6 Å². The molecule has 1 fully saturated rings. The van der Waals surface area contributed by atoms with Crippen molar-refractivity contribution in [1.29, 1.82) is 0 Å². The van der Waals surface area contributed by atoms with E-state index in [9.17, 15) is 0 Å². The van der Waals surface area contributed by atoms with Gasteiger partial charge in [-0.2, -0.15) is 5.10 Å². The molecule has 1 N–H and O–H groups in total. The van der Waals surface area contributed by atoms with Crippen molar-refractivity contribution in [2.24, 2.45) is 7.05 Å². The second kappa shape index (κ2) is 8.05. The molecule has 0 aliphatic heterocycles. The zero-order valence-electron chi connectivity index (χ0n) is 19.3. The van der Waals surface area contributed by atoms with Gasteiger partial charge in [-0.1, -0.05) is 0 Å². The number of rotatable bonds is 6. The first-order valence-electron chi connectivity index (χ1n) is 11.2. The highest BCUT2D eigenvalue weighted by atomic mass is 16.5. The van der Waals surface area contributed by atoms with Gasteiger partial charge in [0.25, 0.3) is 0 Å². The van der Waals surface area contributed by atoms with Gasteiger partial charge in [-0.25, -0.2) is 14.5 Å². The summed E-state index contributed by atoms with van der Waals surface area (Å²) in [5.74, 6) is 2.14. The van der Waals surface area contributed by atoms with Crippen LogP contribution in [0.25, 0.3) is 28.4 Å². The first-order valence-corrected chi connectivity index (χ1v) is 11.2. The number of hydrogen-bond donors (Lipinski definition) is 1. The number of hydrogen-bond acceptors (Lipinski definition) is 6. The van der Waals surface area contributed by atoms with Crippen molar-refractivity contribution < 1.29 is 4.74 Å². The van der Waals surface area contributed by atoms with Crippen molar-refractivity contribution in [3.05, 3.63) is 36.4 Å². The summed E-state index contributed by atoms with van der Waals surface area (Å²) in [6.45, 7) is 6.36. The van der Waals surface area contributed by atoms with Crippen LogP contribution in [-0.2, 0) is 11.8 Å². The minimum atomic E-state index is 0.294. The van der Waals surface area contributed by atoms with Crippen molar-refractivity contribution in [2.45, 2.75) is 58.2 Å².